The minimum atomic E-state index is -0.0571. The highest BCUT2D eigenvalue weighted by Crippen LogP contribution is 2.24. The normalized spacial score (nSPS) is 20.3. The number of amides is 1. The Morgan fingerprint density at radius 3 is 2.50 bits per heavy atom. The van der Waals surface area contributed by atoms with Gasteiger partial charge in [0.05, 0.1) is 0 Å². The summed E-state index contributed by atoms with van der Waals surface area (Å²) < 4.78 is 0. The van der Waals surface area contributed by atoms with Crippen LogP contribution in [0.25, 0.3) is 0 Å². The maximum Gasteiger partial charge on any atom is 0.274 e. The first kappa shape index (κ1) is 18.6. The van der Waals surface area contributed by atoms with E-state index < -0.39 is 0 Å². The number of rotatable bonds is 4. The van der Waals surface area contributed by atoms with Crippen LogP contribution in [0.2, 0.25) is 0 Å². The molecule has 0 radical (unpaired) electrons. The van der Waals surface area contributed by atoms with Gasteiger partial charge >= 0.3 is 0 Å². The van der Waals surface area contributed by atoms with Crippen molar-refractivity contribution in [3.05, 3.63) is 36.3 Å². The molecule has 0 spiro atoms. The molecule has 1 amide bonds. The van der Waals surface area contributed by atoms with E-state index in [1.165, 1.54) is 19.3 Å². The number of nitrogens with zero attached hydrogens (tertiary/aromatic N) is 7. The van der Waals surface area contributed by atoms with Crippen molar-refractivity contribution < 1.29 is 4.79 Å². The monoisotopic (exact) mass is 381 g/mol. The molecule has 0 bridgehead atoms. The molecule has 0 saturated carbocycles. The van der Waals surface area contributed by atoms with E-state index in [4.69, 9.17) is 0 Å². The summed E-state index contributed by atoms with van der Waals surface area (Å²) in [6, 6.07) is 6.09. The van der Waals surface area contributed by atoms with Gasteiger partial charge in [-0.2, -0.15) is 0 Å². The van der Waals surface area contributed by atoms with Crippen LogP contribution in [0, 0.1) is 0 Å². The van der Waals surface area contributed by atoms with Gasteiger partial charge < -0.3 is 14.7 Å². The Morgan fingerprint density at radius 2 is 1.82 bits per heavy atom. The van der Waals surface area contributed by atoms with E-state index in [1.807, 2.05) is 17.0 Å². The van der Waals surface area contributed by atoms with E-state index in [9.17, 15) is 4.79 Å². The third-order valence-electron chi connectivity index (χ3n) is 5.66. The molecule has 148 valence electrons. The highest BCUT2D eigenvalue weighted by molar-refractivity contribution is 5.92. The number of anilines is 2. The summed E-state index contributed by atoms with van der Waals surface area (Å²) in [4.78, 5) is 27.6. The molecule has 2 aromatic heterocycles. The molecular formula is C20H27N7O. The summed E-state index contributed by atoms with van der Waals surface area (Å²) in [5, 5.41) is 8.63. The molecule has 0 aromatic carbocycles. The van der Waals surface area contributed by atoms with Crippen LogP contribution >= 0.6 is 0 Å². The lowest BCUT2D eigenvalue weighted by Gasteiger charge is -2.36. The fraction of sp³-hybridized carbons (Fsp3) is 0.550. The second-order valence-electron chi connectivity index (χ2n) is 7.36. The summed E-state index contributed by atoms with van der Waals surface area (Å²) in [5.41, 5.74) is 0.415. The lowest BCUT2D eigenvalue weighted by atomic mass is 10.0. The summed E-state index contributed by atoms with van der Waals surface area (Å²) >= 11 is 0. The van der Waals surface area contributed by atoms with Crippen molar-refractivity contribution in [1.29, 1.82) is 0 Å². The SMILES string of the molecule is CCC1CCCCN1c1ccc(C(=O)N2CCN(c3ncccn3)CC2)nn1. The smallest absolute Gasteiger partial charge is 0.274 e. The molecule has 0 N–H and O–H groups in total. The van der Waals surface area contributed by atoms with Crippen LogP contribution in [0.15, 0.2) is 30.6 Å². The van der Waals surface area contributed by atoms with E-state index in [0.29, 0.717) is 43.9 Å². The predicted molar refractivity (Wildman–Crippen MR) is 107 cm³/mol. The zero-order valence-electron chi connectivity index (χ0n) is 16.4. The summed E-state index contributed by atoms with van der Waals surface area (Å²) in [6.45, 7) is 5.92. The lowest BCUT2D eigenvalue weighted by molar-refractivity contribution is 0.0739. The van der Waals surface area contributed by atoms with Crippen molar-refractivity contribution in [3.63, 3.8) is 0 Å². The van der Waals surface area contributed by atoms with E-state index in [-0.39, 0.29) is 5.91 Å². The van der Waals surface area contributed by atoms with Crippen LogP contribution < -0.4 is 9.80 Å². The number of piperazine rings is 1. The minimum absolute atomic E-state index is 0.0571. The molecule has 2 aliphatic rings. The van der Waals surface area contributed by atoms with Gasteiger partial charge in [0.1, 0.15) is 0 Å². The van der Waals surface area contributed by atoms with Gasteiger partial charge in [-0.25, -0.2) is 9.97 Å². The number of carbonyl (C=O) groups is 1. The Balaban J connectivity index is 1.37. The van der Waals surface area contributed by atoms with E-state index in [2.05, 4.69) is 36.9 Å². The summed E-state index contributed by atoms with van der Waals surface area (Å²) in [6.07, 6.45) is 8.25. The van der Waals surface area contributed by atoms with Gasteiger partial charge in [-0.15, -0.1) is 10.2 Å². The molecule has 8 heteroatoms. The quantitative estimate of drug-likeness (QED) is 0.801. The maximum absolute atomic E-state index is 12.8. The molecule has 0 aliphatic carbocycles. The highest BCUT2D eigenvalue weighted by Gasteiger charge is 2.26. The van der Waals surface area contributed by atoms with Crippen molar-refractivity contribution >= 4 is 17.7 Å². The fourth-order valence-electron chi connectivity index (χ4n) is 4.05. The first-order chi connectivity index (χ1) is 13.8. The minimum Gasteiger partial charge on any atom is -0.352 e. The Morgan fingerprint density at radius 1 is 1.04 bits per heavy atom. The first-order valence-corrected chi connectivity index (χ1v) is 10.2. The van der Waals surface area contributed by atoms with Gasteiger partial charge in [-0.05, 0) is 43.9 Å². The van der Waals surface area contributed by atoms with Crippen molar-refractivity contribution in [2.45, 2.75) is 38.6 Å². The number of hydrogen-bond acceptors (Lipinski definition) is 7. The summed E-state index contributed by atoms with van der Waals surface area (Å²) in [7, 11) is 0. The Bertz CT molecular complexity index is 775. The van der Waals surface area contributed by atoms with Crippen LogP contribution in [0.1, 0.15) is 43.1 Å². The van der Waals surface area contributed by atoms with Crippen molar-refractivity contribution in [2.75, 3.05) is 42.5 Å². The van der Waals surface area contributed by atoms with Gasteiger partial charge in [0.25, 0.3) is 5.91 Å². The second kappa shape index (κ2) is 8.50. The van der Waals surface area contributed by atoms with Crippen LogP contribution in [-0.2, 0) is 0 Å². The van der Waals surface area contributed by atoms with E-state index in [1.54, 1.807) is 18.5 Å². The van der Waals surface area contributed by atoms with Gasteiger partial charge in [-0.1, -0.05) is 6.92 Å². The number of hydrogen-bond donors (Lipinski definition) is 0. The Hall–Kier alpha value is -2.77. The van der Waals surface area contributed by atoms with E-state index >= 15 is 0 Å². The van der Waals surface area contributed by atoms with Gasteiger partial charge in [0.15, 0.2) is 11.5 Å². The largest absolute Gasteiger partial charge is 0.352 e. The standard InChI is InChI=1S/C20H27N7O/c1-2-16-6-3-4-11-27(16)18-8-7-17(23-24-18)19(28)25-12-14-26(15-13-25)20-21-9-5-10-22-20/h5,7-10,16H,2-4,6,11-15H2,1H3. The van der Waals surface area contributed by atoms with Crippen LogP contribution in [0.4, 0.5) is 11.8 Å². The molecular weight excluding hydrogens is 354 g/mol. The summed E-state index contributed by atoms with van der Waals surface area (Å²) in [5.74, 6) is 1.54. The molecule has 4 heterocycles. The Kier molecular flexibility index (Phi) is 5.64. The third kappa shape index (κ3) is 3.90. The maximum atomic E-state index is 12.8. The number of piperidine rings is 1. The second-order valence-corrected chi connectivity index (χ2v) is 7.36. The topological polar surface area (TPSA) is 78.4 Å². The highest BCUT2D eigenvalue weighted by atomic mass is 16.2. The molecule has 2 aromatic rings. The lowest BCUT2D eigenvalue weighted by Crippen LogP contribution is -2.49. The van der Waals surface area contributed by atoms with Gasteiger partial charge in [-0.3, -0.25) is 4.79 Å². The zero-order chi connectivity index (χ0) is 19.3. The molecule has 8 nitrogen and oxygen atoms in total. The Labute approximate surface area is 165 Å². The number of aromatic nitrogens is 4. The van der Waals surface area contributed by atoms with Gasteiger partial charge in [0, 0.05) is 51.2 Å². The molecule has 2 aliphatic heterocycles. The van der Waals surface area contributed by atoms with Crippen molar-refractivity contribution in [3.8, 4) is 0 Å². The van der Waals surface area contributed by atoms with Crippen LogP contribution in [0.5, 0.6) is 0 Å². The molecule has 1 atom stereocenters. The fourth-order valence-corrected chi connectivity index (χ4v) is 4.05. The zero-order valence-corrected chi connectivity index (χ0v) is 16.4. The molecule has 1 unspecified atom stereocenters. The molecule has 4 rings (SSSR count). The average Bonchev–Trinajstić information content (AvgIpc) is 2.79. The molecule has 2 fully saturated rings. The van der Waals surface area contributed by atoms with E-state index in [0.717, 1.165) is 18.8 Å². The predicted octanol–water partition coefficient (Wildman–Crippen LogP) is 2.00. The average molecular weight is 381 g/mol. The van der Waals surface area contributed by atoms with Gasteiger partial charge in [0.2, 0.25) is 5.95 Å². The third-order valence-corrected chi connectivity index (χ3v) is 5.66. The van der Waals surface area contributed by atoms with Crippen molar-refractivity contribution in [1.82, 2.24) is 25.1 Å². The number of carbonyl (C=O) groups excluding carboxylic acids is 1. The van der Waals surface area contributed by atoms with Crippen molar-refractivity contribution in [2.24, 2.45) is 0 Å². The van der Waals surface area contributed by atoms with Crippen LogP contribution in [-0.4, -0.2) is 69.7 Å². The molecule has 28 heavy (non-hydrogen) atoms. The molecule has 2 saturated heterocycles. The first-order valence-electron chi connectivity index (χ1n) is 10.2. The van der Waals surface area contributed by atoms with Crippen LogP contribution in [0.3, 0.4) is 0 Å².